The van der Waals surface area contributed by atoms with E-state index in [9.17, 15) is 19.2 Å². The largest absolute Gasteiger partial charge is 0.428 e. The highest BCUT2D eigenvalue weighted by Crippen LogP contribution is 2.58. The molecule has 0 saturated heterocycles. The molecule has 8 nitrogen and oxygen atoms in total. The van der Waals surface area contributed by atoms with E-state index in [1.54, 1.807) is 27.7 Å². The number of carbonyl (C=O) groups is 4. The predicted molar refractivity (Wildman–Crippen MR) is 129 cm³/mol. The molecular weight excluding hydrogens is 464 g/mol. The van der Waals surface area contributed by atoms with E-state index in [4.69, 9.17) is 18.9 Å². The van der Waals surface area contributed by atoms with Gasteiger partial charge in [-0.3, -0.25) is 19.2 Å². The van der Waals surface area contributed by atoms with Gasteiger partial charge >= 0.3 is 23.9 Å². The third kappa shape index (κ3) is 6.30. The number of carbonyl (C=O) groups excluding carboxylic acids is 4. The maximum atomic E-state index is 13.2. The maximum absolute atomic E-state index is 13.2. The molecular formula is C28H32O8. The molecule has 0 aromatic heterocycles. The lowest BCUT2D eigenvalue weighted by molar-refractivity contribution is -0.189. The molecule has 0 heterocycles. The normalized spacial score (nSPS) is 20.8. The number of hydrogen-bond donors (Lipinski definition) is 0. The second-order valence-electron chi connectivity index (χ2n) is 9.32. The Morgan fingerprint density at radius 3 is 1.22 bits per heavy atom. The van der Waals surface area contributed by atoms with Crippen molar-refractivity contribution >= 4 is 23.9 Å². The zero-order chi connectivity index (χ0) is 26.2. The highest BCUT2D eigenvalue weighted by molar-refractivity contribution is 5.87. The van der Waals surface area contributed by atoms with Crippen LogP contribution in [-0.2, 0) is 38.1 Å². The van der Waals surface area contributed by atoms with Crippen LogP contribution in [0.1, 0.15) is 50.7 Å². The Balaban J connectivity index is 1.86. The van der Waals surface area contributed by atoms with Crippen molar-refractivity contribution < 1.29 is 38.1 Å². The Morgan fingerprint density at radius 2 is 0.917 bits per heavy atom. The van der Waals surface area contributed by atoms with Crippen molar-refractivity contribution in [2.45, 2.75) is 39.5 Å². The summed E-state index contributed by atoms with van der Waals surface area (Å²) < 4.78 is 20.6. The van der Waals surface area contributed by atoms with Crippen LogP contribution in [0.4, 0.5) is 0 Å². The molecule has 0 radical (unpaired) electrons. The first-order chi connectivity index (χ1) is 17.2. The first-order valence-electron chi connectivity index (χ1n) is 12.0. The first-order valence-corrected chi connectivity index (χ1v) is 12.0. The molecule has 1 fully saturated rings. The minimum absolute atomic E-state index is 0.372. The average molecular weight is 497 g/mol. The van der Waals surface area contributed by atoms with Gasteiger partial charge in [-0.1, -0.05) is 88.4 Å². The van der Waals surface area contributed by atoms with E-state index in [1.165, 1.54) is 0 Å². The molecule has 0 N–H and O–H groups in total. The van der Waals surface area contributed by atoms with Crippen molar-refractivity contribution in [1.82, 2.24) is 0 Å². The SMILES string of the molecule is CC(C)C(=O)OCOC(=O)C1[C@H](C(=O)OCOC(=O)C(C)C)[C@@H](c2ccccc2)[C@H]1c1ccccc1. The molecule has 0 aliphatic heterocycles. The van der Waals surface area contributed by atoms with E-state index < -0.39 is 49.3 Å². The van der Waals surface area contributed by atoms with E-state index >= 15 is 0 Å². The number of hydrogen-bond acceptors (Lipinski definition) is 8. The molecule has 4 atom stereocenters. The smallest absolute Gasteiger partial charge is 0.313 e. The van der Waals surface area contributed by atoms with Crippen LogP contribution in [-0.4, -0.2) is 37.5 Å². The summed E-state index contributed by atoms with van der Waals surface area (Å²) in [7, 11) is 0. The summed E-state index contributed by atoms with van der Waals surface area (Å²) in [4.78, 5) is 50.0. The van der Waals surface area contributed by atoms with Gasteiger partial charge in [-0.2, -0.15) is 0 Å². The number of benzene rings is 2. The Morgan fingerprint density at radius 1 is 0.583 bits per heavy atom. The van der Waals surface area contributed by atoms with Crippen LogP contribution in [0.25, 0.3) is 0 Å². The van der Waals surface area contributed by atoms with Crippen LogP contribution in [0.5, 0.6) is 0 Å². The highest BCUT2D eigenvalue weighted by Gasteiger charge is 2.59. The summed E-state index contributed by atoms with van der Waals surface area (Å²) in [6, 6.07) is 18.8. The molecule has 2 aromatic carbocycles. The number of ether oxygens (including phenoxy) is 4. The van der Waals surface area contributed by atoms with Gasteiger partial charge < -0.3 is 18.9 Å². The summed E-state index contributed by atoms with van der Waals surface area (Å²) in [5, 5.41) is 0. The minimum atomic E-state index is -0.886. The molecule has 1 aliphatic rings. The third-order valence-electron chi connectivity index (χ3n) is 6.21. The Hall–Kier alpha value is -3.68. The van der Waals surface area contributed by atoms with Gasteiger partial charge in [0.15, 0.2) is 0 Å². The van der Waals surface area contributed by atoms with Crippen molar-refractivity contribution in [3.8, 4) is 0 Å². The maximum Gasteiger partial charge on any atom is 0.313 e. The summed E-state index contributed by atoms with van der Waals surface area (Å²) in [6.45, 7) is 5.59. The Kier molecular flexibility index (Phi) is 9.22. The average Bonchev–Trinajstić information content (AvgIpc) is 2.84. The Labute approximate surface area is 210 Å². The molecule has 0 bridgehead atoms. The summed E-state index contributed by atoms with van der Waals surface area (Å²) >= 11 is 0. The van der Waals surface area contributed by atoms with Crippen molar-refractivity contribution in [2.75, 3.05) is 13.6 Å². The van der Waals surface area contributed by atoms with Crippen LogP contribution in [0.2, 0.25) is 0 Å². The van der Waals surface area contributed by atoms with Crippen molar-refractivity contribution in [2.24, 2.45) is 23.7 Å². The van der Waals surface area contributed by atoms with E-state index in [0.717, 1.165) is 11.1 Å². The lowest BCUT2D eigenvalue weighted by Crippen LogP contribution is -2.52. The number of rotatable bonds is 10. The van der Waals surface area contributed by atoms with Crippen molar-refractivity contribution in [1.29, 1.82) is 0 Å². The topological polar surface area (TPSA) is 105 Å². The van der Waals surface area contributed by atoms with Gasteiger partial charge in [0.05, 0.1) is 23.7 Å². The zero-order valence-corrected chi connectivity index (χ0v) is 20.9. The number of esters is 4. The monoisotopic (exact) mass is 496 g/mol. The van der Waals surface area contributed by atoms with E-state index in [1.807, 2.05) is 60.7 Å². The van der Waals surface area contributed by atoms with Gasteiger partial charge in [-0.15, -0.1) is 0 Å². The van der Waals surface area contributed by atoms with E-state index in [-0.39, 0.29) is 23.7 Å². The fourth-order valence-corrected chi connectivity index (χ4v) is 4.33. The second kappa shape index (κ2) is 12.3. The lowest BCUT2D eigenvalue weighted by atomic mass is 9.52. The van der Waals surface area contributed by atoms with Crippen LogP contribution in [0.3, 0.4) is 0 Å². The molecule has 2 aromatic rings. The lowest BCUT2D eigenvalue weighted by Gasteiger charge is -2.49. The van der Waals surface area contributed by atoms with Gasteiger partial charge in [0.2, 0.25) is 13.6 Å². The van der Waals surface area contributed by atoms with Crippen LogP contribution >= 0.6 is 0 Å². The van der Waals surface area contributed by atoms with Gasteiger partial charge in [0.25, 0.3) is 0 Å². The van der Waals surface area contributed by atoms with E-state index in [2.05, 4.69) is 0 Å². The van der Waals surface area contributed by atoms with Gasteiger partial charge in [0, 0.05) is 11.8 Å². The molecule has 1 aliphatic carbocycles. The minimum Gasteiger partial charge on any atom is -0.428 e. The fraction of sp³-hybridized carbons (Fsp3) is 0.429. The highest BCUT2D eigenvalue weighted by atomic mass is 16.7. The van der Waals surface area contributed by atoms with Crippen molar-refractivity contribution in [3.63, 3.8) is 0 Å². The van der Waals surface area contributed by atoms with E-state index in [0.29, 0.717) is 0 Å². The first kappa shape index (κ1) is 26.9. The zero-order valence-electron chi connectivity index (χ0n) is 20.9. The standard InChI is InChI=1S/C28H32O8/c1-17(2)25(29)33-15-35-27(31)23-21(19-11-7-5-8-12-19)22(20-13-9-6-10-14-20)24(23)28(32)36-16-34-26(30)18(3)4/h5-14,17-18,21-24H,15-16H2,1-4H3/t21-,22+,23+,24?/m0/s1. The molecule has 8 heteroatoms. The molecule has 1 saturated carbocycles. The summed E-state index contributed by atoms with van der Waals surface area (Å²) in [5.74, 6) is -5.61. The second-order valence-corrected chi connectivity index (χ2v) is 9.32. The third-order valence-corrected chi connectivity index (χ3v) is 6.21. The van der Waals surface area contributed by atoms with Gasteiger partial charge in [-0.05, 0) is 11.1 Å². The molecule has 0 amide bonds. The summed E-state index contributed by atoms with van der Waals surface area (Å²) in [5.41, 5.74) is 1.73. The van der Waals surface area contributed by atoms with Crippen LogP contribution in [0.15, 0.2) is 60.7 Å². The predicted octanol–water partition coefficient (Wildman–Crippen LogP) is 4.20. The fourth-order valence-electron chi connectivity index (χ4n) is 4.33. The van der Waals surface area contributed by atoms with Crippen LogP contribution in [0, 0.1) is 23.7 Å². The molecule has 1 unspecified atom stereocenters. The molecule has 192 valence electrons. The van der Waals surface area contributed by atoms with Gasteiger partial charge in [0.1, 0.15) is 0 Å². The molecule has 0 spiro atoms. The molecule has 36 heavy (non-hydrogen) atoms. The van der Waals surface area contributed by atoms with Crippen LogP contribution < -0.4 is 0 Å². The Bertz CT molecular complexity index is 962. The summed E-state index contributed by atoms with van der Waals surface area (Å²) in [6.07, 6.45) is 0. The quantitative estimate of drug-likeness (QED) is 0.356. The van der Waals surface area contributed by atoms with Gasteiger partial charge in [-0.25, -0.2) is 0 Å². The van der Waals surface area contributed by atoms with Crippen molar-refractivity contribution in [3.05, 3.63) is 71.8 Å². The molecule has 3 rings (SSSR count).